The molecule has 0 N–H and O–H groups in total. The monoisotopic (exact) mass is 750 g/mol. The van der Waals surface area contributed by atoms with Gasteiger partial charge in [0.25, 0.3) is 0 Å². The maximum Gasteiger partial charge on any atom is 0.164 e. The highest BCUT2D eigenvalue weighted by molar-refractivity contribution is 6.25. The lowest BCUT2D eigenvalue weighted by atomic mass is 9.91. The van der Waals surface area contributed by atoms with Gasteiger partial charge in [0, 0.05) is 33.2 Å². The van der Waals surface area contributed by atoms with Crippen LogP contribution in [0, 0.1) is 0 Å². The highest BCUT2D eigenvalue weighted by Crippen LogP contribution is 2.40. The number of nitrogens with zero attached hydrogens (tertiary/aromatic N) is 4. The molecule has 0 aliphatic carbocycles. The summed E-state index contributed by atoms with van der Waals surface area (Å²) in [5.74, 6) is 1.88. The normalized spacial score (nSPS) is 11.7. The van der Waals surface area contributed by atoms with Crippen molar-refractivity contribution in [2.75, 3.05) is 0 Å². The standard InChI is InChI=1S/C55H34N4/c1-2-15-36(16-3-1)53-56-54(39-27-26-35-14-4-5-17-37(35)30-39)58-55(57-53)41-31-40(32-42(33-41)59-51-24-12-10-22-48(51)49-23-11-13-25-52(49)59)38-28-29-47-45-20-7-6-18-43(45)44-19-8-9-21-46(44)50(47)34-38/h1-34H. The zero-order valence-electron chi connectivity index (χ0n) is 31.9. The third kappa shape index (κ3) is 5.49. The van der Waals surface area contributed by atoms with E-state index in [1.165, 1.54) is 48.5 Å². The summed E-state index contributed by atoms with van der Waals surface area (Å²) < 4.78 is 2.38. The molecule has 59 heavy (non-hydrogen) atoms. The first-order valence-corrected chi connectivity index (χ1v) is 20.0. The van der Waals surface area contributed by atoms with E-state index in [0.29, 0.717) is 17.5 Å². The first kappa shape index (κ1) is 33.2. The molecule has 0 bridgehead atoms. The lowest BCUT2D eigenvalue weighted by Crippen LogP contribution is -2.02. The molecule has 10 aromatic carbocycles. The van der Waals surface area contributed by atoms with Crippen LogP contribution >= 0.6 is 0 Å². The first-order valence-electron chi connectivity index (χ1n) is 20.0. The summed E-state index contributed by atoms with van der Waals surface area (Å²) in [6, 6.07) is 73.6. The van der Waals surface area contributed by atoms with Crippen LogP contribution in [-0.2, 0) is 0 Å². The lowest BCUT2D eigenvalue weighted by Gasteiger charge is -2.16. The van der Waals surface area contributed by atoms with Crippen LogP contribution in [-0.4, -0.2) is 19.5 Å². The van der Waals surface area contributed by atoms with E-state index >= 15 is 0 Å². The molecule has 2 aromatic heterocycles. The highest BCUT2D eigenvalue weighted by Gasteiger charge is 2.18. The highest BCUT2D eigenvalue weighted by atomic mass is 15.0. The minimum absolute atomic E-state index is 0.614. The number of para-hydroxylation sites is 2. The summed E-state index contributed by atoms with van der Waals surface area (Å²) in [4.78, 5) is 15.6. The van der Waals surface area contributed by atoms with Crippen molar-refractivity contribution in [3.8, 4) is 51.0 Å². The Kier molecular flexibility index (Phi) is 7.50. The number of rotatable bonds is 5. The number of hydrogen-bond donors (Lipinski definition) is 0. The van der Waals surface area contributed by atoms with Gasteiger partial charge in [-0.2, -0.15) is 0 Å². The van der Waals surface area contributed by atoms with Crippen molar-refractivity contribution in [2.45, 2.75) is 0 Å². The quantitative estimate of drug-likeness (QED) is 0.165. The van der Waals surface area contributed by atoms with Crippen molar-refractivity contribution in [1.82, 2.24) is 19.5 Å². The van der Waals surface area contributed by atoms with Gasteiger partial charge in [-0.05, 0) is 96.7 Å². The van der Waals surface area contributed by atoms with Crippen molar-refractivity contribution < 1.29 is 0 Å². The Morgan fingerprint density at radius 2 is 0.729 bits per heavy atom. The maximum absolute atomic E-state index is 5.28. The topological polar surface area (TPSA) is 43.6 Å². The van der Waals surface area contributed by atoms with Gasteiger partial charge >= 0.3 is 0 Å². The molecule has 12 aromatic rings. The van der Waals surface area contributed by atoms with Gasteiger partial charge in [-0.25, -0.2) is 15.0 Å². The van der Waals surface area contributed by atoms with Gasteiger partial charge in [0.1, 0.15) is 0 Å². The third-order valence-corrected chi connectivity index (χ3v) is 11.8. The molecular formula is C55H34N4. The average molecular weight is 751 g/mol. The molecule has 12 rings (SSSR count). The average Bonchev–Trinajstić information content (AvgIpc) is 3.66. The third-order valence-electron chi connectivity index (χ3n) is 11.8. The molecule has 4 heteroatoms. The lowest BCUT2D eigenvalue weighted by molar-refractivity contribution is 1.07. The van der Waals surface area contributed by atoms with E-state index in [9.17, 15) is 0 Å². The Morgan fingerprint density at radius 3 is 1.39 bits per heavy atom. The molecular weight excluding hydrogens is 717 g/mol. The summed E-state index contributed by atoms with van der Waals surface area (Å²) in [7, 11) is 0. The molecule has 0 aliphatic rings. The van der Waals surface area contributed by atoms with Crippen LogP contribution in [0.3, 0.4) is 0 Å². The van der Waals surface area contributed by atoms with Crippen molar-refractivity contribution >= 4 is 64.9 Å². The van der Waals surface area contributed by atoms with Crippen molar-refractivity contribution in [3.05, 3.63) is 206 Å². The van der Waals surface area contributed by atoms with Crippen molar-refractivity contribution in [1.29, 1.82) is 0 Å². The van der Waals surface area contributed by atoms with Crippen LogP contribution in [0.15, 0.2) is 206 Å². The van der Waals surface area contributed by atoms with Gasteiger partial charge in [0.2, 0.25) is 0 Å². The van der Waals surface area contributed by atoms with E-state index in [0.717, 1.165) is 49.9 Å². The second-order valence-corrected chi connectivity index (χ2v) is 15.2. The van der Waals surface area contributed by atoms with Gasteiger partial charge in [-0.1, -0.05) is 164 Å². The Hall–Kier alpha value is -7.95. The summed E-state index contributed by atoms with van der Waals surface area (Å²) >= 11 is 0. The van der Waals surface area contributed by atoms with E-state index in [4.69, 9.17) is 15.0 Å². The minimum Gasteiger partial charge on any atom is -0.309 e. The number of hydrogen-bond acceptors (Lipinski definition) is 3. The summed E-state index contributed by atoms with van der Waals surface area (Å²) in [6.07, 6.45) is 0. The molecule has 0 atom stereocenters. The van der Waals surface area contributed by atoms with Crippen LogP contribution in [0.2, 0.25) is 0 Å². The largest absolute Gasteiger partial charge is 0.309 e. The summed E-state index contributed by atoms with van der Waals surface area (Å²) in [6.45, 7) is 0. The molecule has 0 saturated carbocycles. The zero-order valence-corrected chi connectivity index (χ0v) is 31.9. The van der Waals surface area contributed by atoms with Crippen LogP contribution < -0.4 is 0 Å². The number of aromatic nitrogens is 4. The minimum atomic E-state index is 0.614. The molecule has 0 amide bonds. The van der Waals surface area contributed by atoms with E-state index in [-0.39, 0.29) is 0 Å². The fourth-order valence-corrected chi connectivity index (χ4v) is 9.00. The number of fused-ring (bicyclic) bond motifs is 10. The first-order chi connectivity index (χ1) is 29.2. The van der Waals surface area contributed by atoms with E-state index < -0.39 is 0 Å². The molecule has 4 nitrogen and oxygen atoms in total. The molecule has 0 spiro atoms. The van der Waals surface area contributed by atoms with Gasteiger partial charge < -0.3 is 4.57 Å². The van der Waals surface area contributed by atoms with Crippen molar-refractivity contribution in [2.24, 2.45) is 0 Å². The molecule has 274 valence electrons. The molecule has 0 radical (unpaired) electrons. The molecule has 2 heterocycles. The van der Waals surface area contributed by atoms with Crippen LogP contribution in [0.4, 0.5) is 0 Å². The fourth-order valence-electron chi connectivity index (χ4n) is 9.00. The Bertz CT molecular complexity index is 3530. The second kappa shape index (κ2) is 13.3. The van der Waals surface area contributed by atoms with E-state index in [1.807, 2.05) is 18.2 Å². The molecule has 0 saturated heterocycles. The van der Waals surface area contributed by atoms with Crippen LogP contribution in [0.5, 0.6) is 0 Å². The summed E-state index contributed by atoms with van der Waals surface area (Å²) in [5.41, 5.74) is 8.30. The Balaban J connectivity index is 1.14. The molecule has 0 aliphatic heterocycles. The van der Waals surface area contributed by atoms with Gasteiger partial charge in [0.05, 0.1) is 11.0 Å². The SMILES string of the molecule is c1ccc(-c2nc(-c3cc(-c4ccc5c6ccccc6c6ccccc6c5c4)cc(-n4c5ccccc5c5ccccc54)c3)nc(-c3ccc4ccccc4c3)n2)cc1. The van der Waals surface area contributed by atoms with Gasteiger partial charge in [-0.3, -0.25) is 0 Å². The second-order valence-electron chi connectivity index (χ2n) is 15.2. The Morgan fingerprint density at radius 1 is 0.254 bits per heavy atom. The number of benzene rings is 10. The maximum atomic E-state index is 5.28. The Labute approximate surface area is 340 Å². The van der Waals surface area contributed by atoms with E-state index in [1.54, 1.807) is 0 Å². The zero-order chi connectivity index (χ0) is 38.9. The molecule has 0 fully saturated rings. The van der Waals surface area contributed by atoms with Crippen LogP contribution in [0.1, 0.15) is 0 Å². The predicted molar refractivity (Wildman–Crippen MR) is 246 cm³/mol. The van der Waals surface area contributed by atoms with Crippen LogP contribution in [0.25, 0.3) is 116 Å². The van der Waals surface area contributed by atoms with Gasteiger partial charge in [0.15, 0.2) is 17.5 Å². The fraction of sp³-hybridized carbons (Fsp3) is 0. The van der Waals surface area contributed by atoms with Gasteiger partial charge in [-0.15, -0.1) is 0 Å². The molecule has 0 unspecified atom stereocenters. The smallest absolute Gasteiger partial charge is 0.164 e. The van der Waals surface area contributed by atoms with E-state index in [2.05, 4.69) is 193 Å². The van der Waals surface area contributed by atoms with Crippen molar-refractivity contribution in [3.63, 3.8) is 0 Å². The predicted octanol–water partition coefficient (Wildman–Crippen LogP) is 14.2. The summed E-state index contributed by atoms with van der Waals surface area (Å²) in [5, 5.41) is 12.2.